The van der Waals surface area contributed by atoms with E-state index in [2.05, 4.69) is 19.9 Å². The van der Waals surface area contributed by atoms with Gasteiger partial charge in [0.05, 0.1) is 24.5 Å². The molecule has 1 rings (SSSR count). The first-order chi connectivity index (χ1) is 7.51. The average Bonchev–Trinajstić information content (AvgIpc) is 2.16. The van der Waals surface area contributed by atoms with Gasteiger partial charge in [0.2, 0.25) is 0 Å². The van der Waals surface area contributed by atoms with E-state index in [1.54, 1.807) is 6.92 Å². The number of nitrogens with zero attached hydrogens (tertiary/aromatic N) is 1. The van der Waals surface area contributed by atoms with Crippen LogP contribution >= 0.6 is 0 Å². The van der Waals surface area contributed by atoms with Crippen LogP contribution in [-0.4, -0.2) is 12.6 Å². The van der Waals surface area contributed by atoms with Gasteiger partial charge in [0, 0.05) is 0 Å². The lowest BCUT2D eigenvalue weighted by Crippen LogP contribution is -2.33. The van der Waals surface area contributed by atoms with Crippen molar-refractivity contribution in [3.05, 3.63) is 0 Å². The van der Waals surface area contributed by atoms with E-state index in [0.717, 1.165) is 19.3 Å². The molecule has 1 saturated carbocycles. The van der Waals surface area contributed by atoms with Crippen molar-refractivity contribution in [2.75, 3.05) is 6.61 Å². The SMILES string of the molecule is CCOC(=O)C[C@@]1(C#N)C[C@H](C)C[C@H](C)C1. The van der Waals surface area contributed by atoms with Crippen molar-refractivity contribution in [3.63, 3.8) is 0 Å². The predicted octanol–water partition coefficient (Wildman–Crippen LogP) is 2.91. The van der Waals surface area contributed by atoms with E-state index in [9.17, 15) is 10.1 Å². The van der Waals surface area contributed by atoms with Gasteiger partial charge < -0.3 is 4.74 Å². The fourth-order valence-electron chi connectivity index (χ4n) is 3.03. The van der Waals surface area contributed by atoms with Gasteiger partial charge in [-0.1, -0.05) is 13.8 Å². The number of esters is 1. The first-order valence-corrected chi connectivity index (χ1v) is 6.08. The van der Waals surface area contributed by atoms with Crippen LogP contribution in [0.3, 0.4) is 0 Å². The summed E-state index contributed by atoms with van der Waals surface area (Å²) in [6.07, 6.45) is 3.07. The normalized spacial score (nSPS) is 34.1. The van der Waals surface area contributed by atoms with E-state index in [1.165, 1.54) is 0 Å². The van der Waals surface area contributed by atoms with Gasteiger partial charge in [0.1, 0.15) is 0 Å². The molecule has 0 spiro atoms. The third kappa shape index (κ3) is 3.23. The highest BCUT2D eigenvalue weighted by atomic mass is 16.5. The minimum atomic E-state index is -0.483. The number of carbonyl (C=O) groups excluding carboxylic acids is 1. The van der Waals surface area contributed by atoms with Crippen LogP contribution in [0.5, 0.6) is 0 Å². The van der Waals surface area contributed by atoms with E-state index >= 15 is 0 Å². The minimum absolute atomic E-state index is 0.231. The van der Waals surface area contributed by atoms with Crippen LogP contribution < -0.4 is 0 Å². The van der Waals surface area contributed by atoms with Crippen LogP contribution in [0.4, 0.5) is 0 Å². The zero-order chi connectivity index (χ0) is 12.2. The summed E-state index contributed by atoms with van der Waals surface area (Å²) < 4.78 is 4.95. The van der Waals surface area contributed by atoms with Crippen LogP contribution in [0, 0.1) is 28.6 Å². The molecule has 0 amide bonds. The van der Waals surface area contributed by atoms with Gasteiger partial charge in [-0.15, -0.1) is 0 Å². The summed E-state index contributed by atoms with van der Waals surface area (Å²) in [7, 11) is 0. The Kier molecular flexibility index (Phi) is 4.35. The third-order valence-corrected chi connectivity index (χ3v) is 3.31. The van der Waals surface area contributed by atoms with Gasteiger partial charge >= 0.3 is 5.97 Å². The number of carbonyl (C=O) groups is 1. The summed E-state index contributed by atoms with van der Waals surface area (Å²) in [6, 6.07) is 2.37. The fraction of sp³-hybridized carbons (Fsp3) is 0.846. The largest absolute Gasteiger partial charge is 0.466 e. The zero-order valence-electron chi connectivity index (χ0n) is 10.5. The first kappa shape index (κ1) is 13.0. The lowest BCUT2D eigenvalue weighted by atomic mass is 9.65. The molecule has 3 nitrogen and oxygen atoms in total. The highest BCUT2D eigenvalue weighted by molar-refractivity contribution is 5.70. The molecule has 0 unspecified atom stereocenters. The number of hydrogen-bond acceptors (Lipinski definition) is 3. The van der Waals surface area contributed by atoms with Gasteiger partial charge in [-0.2, -0.15) is 5.26 Å². The molecular formula is C13H21NO2. The molecule has 3 atom stereocenters. The highest BCUT2D eigenvalue weighted by Gasteiger charge is 2.40. The molecule has 0 bridgehead atoms. The molecule has 0 aliphatic heterocycles. The summed E-state index contributed by atoms with van der Waals surface area (Å²) in [5.41, 5.74) is -0.483. The van der Waals surface area contributed by atoms with Crippen molar-refractivity contribution in [3.8, 4) is 6.07 Å². The fourth-order valence-corrected chi connectivity index (χ4v) is 3.03. The molecule has 1 fully saturated rings. The molecule has 1 aliphatic rings. The molecule has 0 aromatic rings. The minimum Gasteiger partial charge on any atom is -0.466 e. The topological polar surface area (TPSA) is 50.1 Å². The molecule has 90 valence electrons. The van der Waals surface area contributed by atoms with E-state index in [4.69, 9.17) is 4.74 Å². The molecule has 0 aromatic carbocycles. The molecule has 0 heterocycles. The average molecular weight is 223 g/mol. The molecular weight excluding hydrogens is 202 g/mol. The molecule has 0 radical (unpaired) electrons. The highest BCUT2D eigenvalue weighted by Crippen LogP contribution is 2.44. The van der Waals surface area contributed by atoms with Gasteiger partial charge in [0.25, 0.3) is 0 Å². The summed E-state index contributed by atoms with van der Waals surface area (Å²) >= 11 is 0. The van der Waals surface area contributed by atoms with Gasteiger partial charge in [-0.25, -0.2) is 0 Å². The first-order valence-electron chi connectivity index (χ1n) is 6.08. The Morgan fingerprint density at radius 3 is 2.44 bits per heavy atom. The molecule has 0 N–H and O–H groups in total. The number of nitriles is 1. The molecule has 0 saturated heterocycles. The number of hydrogen-bond donors (Lipinski definition) is 0. The van der Waals surface area contributed by atoms with Crippen molar-refractivity contribution in [2.45, 2.75) is 46.5 Å². The molecule has 1 aliphatic carbocycles. The quantitative estimate of drug-likeness (QED) is 0.691. The van der Waals surface area contributed by atoms with E-state index in [-0.39, 0.29) is 12.4 Å². The zero-order valence-corrected chi connectivity index (χ0v) is 10.5. The van der Waals surface area contributed by atoms with Gasteiger partial charge in [-0.05, 0) is 38.0 Å². The third-order valence-electron chi connectivity index (χ3n) is 3.31. The second-order valence-electron chi connectivity index (χ2n) is 5.23. The smallest absolute Gasteiger partial charge is 0.307 e. The van der Waals surface area contributed by atoms with Gasteiger partial charge in [0.15, 0.2) is 0 Å². The summed E-state index contributed by atoms with van der Waals surface area (Å²) in [6.45, 7) is 6.51. The van der Waals surface area contributed by atoms with E-state index in [1.807, 2.05) is 0 Å². The predicted molar refractivity (Wildman–Crippen MR) is 61.5 cm³/mol. The lowest BCUT2D eigenvalue weighted by molar-refractivity contribution is -0.145. The Morgan fingerprint density at radius 2 is 2.00 bits per heavy atom. The maximum atomic E-state index is 11.5. The monoisotopic (exact) mass is 223 g/mol. The Morgan fingerprint density at radius 1 is 1.44 bits per heavy atom. The lowest BCUT2D eigenvalue weighted by Gasteiger charge is -2.37. The van der Waals surface area contributed by atoms with Crippen LogP contribution in [0.1, 0.15) is 46.5 Å². The van der Waals surface area contributed by atoms with Crippen molar-refractivity contribution in [2.24, 2.45) is 17.3 Å². The van der Waals surface area contributed by atoms with Crippen molar-refractivity contribution in [1.82, 2.24) is 0 Å². The number of ether oxygens (including phenoxy) is 1. The van der Waals surface area contributed by atoms with Crippen molar-refractivity contribution < 1.29 is 9.53 Å². The van der Waals surface area contributed by atoms with Crippen molar-refractivity contribution in [1.29, 1.82) is 5.26 Å². The van der Waals surface area contributed by atoms with E-state index in [0.29, 0.717) is 18.4 Å². The Labute approximate surface area is 97.8 Å². The maximum absolute atomic E-state index is 11.5. The summed E-state index contributed by atoms with van der Waals surface area (Å²) in [5, 5.41) is 9.34. The standard InChI is InChI=1S/C13H21NO2/c1-4-16-12(15)8-13(9-14)6-10(2)5-11(3)7-13/h10-11H,4-8H2,1-3H3/t10-,11+,13-. The van der Waals surface area contributed by atoms with Crippen LogP contribution in [0.2, 0.25) is 0 Å². The summed E-state index contributed by atoms with van der Waals surface area (Å²) in [5.74, 6) is 0.820. The van der Waals surface area contributed by atoms with Crippen LogP contribution in [0.25, 0.3) is 0 Å². The number of rotatable bonds is 3. The second-order valence-corrected chi connectivity index (χ2v) is 5.23. The molecule has 16 heavy (non-hydrogen) atoms. The molecule has 3 heteroatoms. The second kappa shape index (κ2) is 5.34. The molecule has 0 aromatic heterocycles. The van der Waals surface area contributed by atoms with E-state index < -0.39 is 5.41 Å². The van der Waals surface area contributed by atoms with Crippen LogP contribution in [0.15, 0.2) is 0 Å². The van der Waals surface area contributed by atoms with Gasteiger partial charge in [-0.3, -0.25) is 4.79 Å². The summed E-state index contributed by atoms with van der Waals surface area (Å²) in [4.78, 5) is 11.5. The van der Waals surface area contributed by atoms with Crippen molar-refractivity contribution >= 4 is 5.97 Å². The Balaban J connectivity index is 2.70. The Bertz CT molecular complexity index is 283. The Hall–Kier alpha value is -1.04. The maximum Gasteiger partial charge on any atom is 0.307 e. The van der Waals surface area contributed by atoms with Crippen LogP contribution in [-0.2, 0) is 9.53 Å².